The molecule has 0 saturated heterocycles. The highest BCUT2D eigenvalue weighted by Crippen LogP contribution is 2.37. The number of nitrogens with zero attached hydrogens (tertiary/aromatic N) is 1. The summed E-state index contributed by atoms with van der Waals surface area (Å²) in [6.45, 7) is 3.93. The minimum absolute atomic E-state index is 0.0416. The number of Topliss-reactive ketones (excluding diaryl/α,β-unsaturated/α-hetero) is 2. The molecule has 2 fully saturated rings. The molecule has 0 aromatic heterocycles. The first-order valence-corrected chi connectivity index (χ1v) is 11.2. The van der Waals surface area contributed by atoms with Crippen molar-refractivity contribution in [1.82, 2.24) is 5.32 Å². The van der Waals surface area contributed by atoms with Crippen LogP contribution in [0.1, 0.15) is 84.5 Å². The van der Waals surface area contributed by atoms with E-state index in [1.54, 1.807) is 0 Å². The third-order valence-corrected chi connectivity index (χ3v) is 6.38. The molecule has 0 aromatic rings. The second-order valence-electron chi connectivity index (χ2n) is 9.55. The van der Waals surface area contributed by atoms with Crippen LogP contribution < -0.4 is 5.32 Å². The number of nitrogens with one attached hydrogen (secondary N) is 1. The molecule has 2 aliphatic carbocycles. The average molecular weight is 425 g/mol. The van der Waals surface area contributed by atoms with E-state index in [0.29, 0.717) is 32.1 Å². The molecule has 30 heavy (non-hydrogen) atoms. The first-order chi connectivity index (χ1) is 14.1. The summed E-state index contributed by atoms with van der Waals surface area (Å²) in [6, 6.07) is 1.33. The van der Waals surface area contributed by atoms with Crippen molar-refractivity contribution in [3.63, 3.8) is 0 Å². The summed E-state index contributed by atoms with van der Waals surface area (Å²) in [5.74, 6) is -3.44. The Morgan fingerprint density at radius 1 is 1.23 bits per heavy atom. The molecule has 0 radical (unpaired) electrons. The monoisotopic (exact) mass is 424 g/mol. The van der Waals surface area contributed by atoms with E-state index >= 15 is 0 Å². The molecule has 2 aliphatic rings. The minimum Gasteiger partial charge on any atom is -0.340 e. The molecule has 0 unspecified atom stereocenters. The molecule has 168 valence electrons. The van der Waals surface area contributed by atoms with Crippen molar-refractivity contribution in [3.05, 3.63) is 0 Å². The first-order valence-electron chi connectivity index (χ1n) is 11.2. The van der Waals surface area contributed by atoms with Crippen molar-refractivity contribution in [2.75, 3.05) is 0 Å². The fourth-order valence-electron chi connectivity index (χ4n) is 4.69. The Labute approximate surface area is 178 Å². The Kier molecular flexibility index (Phi) is 8.93. The maximum Gasteiger partial charge on any atom is 0.248 e. The third-order valence-electron chi connectivity index (χ3n) is 6.38. The van der Waals surface area contributed by atoms with Crippen molar-refractivity contribution in [1.29, 1.82) is 5.26 Å². The van der Waals surface area contributed by atoms with Crippen LogP contribution in [0, 0.1) is 35.0 Å². The molecule has 0 bridgehead atoms. The smallest absolute Gasteiger partial charge is 0.248 e. The fraction of sp³-hybridized carbons (Fsp3) is 0.826. The number of rotatable bonds is 10. The Morgan fingerprint density at radius 2 is 1.90 bits per heavy atom. The van der Waals surface area contributed by atoms with Crippen LogP contribution in [-0.2, 0) is 14.4 Å². The zero-order chi connectivity index (χ0) is 22.3. The lowest BCUT2D eigenvalue weighted by atomic mass is 9.81. The molecule has 2 rings (SSSR count). The molecule has 0 aliphatic heterocycles. The normalized spacial score (nSPS) is 23.7. The van der Waals surface area contributed by atoms with Gasteiger partial charge in [-0.1, -0.05) is 13.8 Å². The molecule has 0 heterocycles. The lowest BCUT2D eigenvalue weighted by Gasteiger charge is -2.28. The van der Waals surface area contributed by atoms with Gasteiger partial charge in [0.05, 0.1) is 6.07 Å². The zero-order valence-corrected chi connectivity index (χ0v) is 18.1. The molecule has 7 heteroatoms. The van der Waals surface area contributed by atoms with E-state index in [4.69, 9.17) is 0 Å². The summed E-state index contributed by atoms with van der Waals surface area (Å²) in [7, 11) is 0. The molecule has 3 atom stereocenters. The molecule has 2 saturated carbocycles. The Hall–Kier alpha value is -1.84. The maximum absolute atomic E-state index is 13.3. The predicted molar refractivity (Wildman–Crippen MR) is 109 cm³/mol. The van der Waals surface area contributed by atoms with Gasteiger partial charge in [-0.25, -0.2) is 8.78 Å². The molecule has 5 nitrogen and oxygen atoms in total. The van der Waals surface area contributed by atoms with Crippen LogP contribution in [0.3, 0.4) is 0 Å². The Balaban J connectivity index is 1.89. The number of ketones is 2. The number of alkyl halides is 2. The lowest BCUT2D eigenvalue weighted by molar-refractivity contribution is -0.131. The third kappa shape index (κ3) is 7.77. The number of carbonyl (C=O) groups excluding carboxylic acids is 3. The predicted octanol–water partition coefficient (Wildman–Crippen LogP) is 4.59. The summed E-state index contributed by atoms with van der Waals surface area (Å²) in [4.78, 5) is 37.2. The zero-order valence-electron chi connectivity index (χ0n) is 18.1. The number of carbonyl (C=O) groups is 3. The average Bonchev–Trinajstić information content (AvgIpc) is 3.06. The van der Waals surface area contributed by atoms with E-state index in [0.717, 1.165) is 12.8 Å². The number of hydrogen-bond donors (Lipinski definition) is 1. The summed E-state index contributed by atoms with van der Waals surface area (Å²) < 4.78 is 26.6. The molecule has 0 spiro atoms. The number of halogens is 2. The van der Waals surface area contributed by atoms with Crippen LogP contribution in [0.2, 0.25) is 0 Å². The van der Waals surface area contributed by atoms with E-state index in [9.17, 15) is 28.4 Å². The van der Waals surface area contributed by atoms with Crippen molar-refractivity contribution in [2.45, 2.75) is 96.4 Å². The molecule has 1 amide bonds. The van der Waals surface area contributed by atoms with E-state index in [1.807, 2.05) is 13.8 Å². The fourth-order valence-corrected chi connectivity index (χ4v) is 4.69. The summed E-state index contributed by atoms with van der Waals surface area (Å²) in [5.41, 5.74) is 0. The first kappa shape index (κ1) is 24.4. The van der Waals surface area contributed by atoms with Crippen LogP contribution in [0.15, 0.2) is 0 Å². The van der Waals surface area contributed by atoms with Gasteiger partial charge in [0.1, 0.15) is 17.6 Å². The summed E-state index contributed by atoms with van der Waals surface area (Å²) in [6.07, 6.45) is 3.57. The van der Waals surface area contributed by atoms with Crippen LogP contribution in [0.5, 0.6) is 0 Å². The van der Waals surface area contributed by atoms with Crippen LogP contribution >= 0.6 is 0 Å². The number of amides is 1. The molecular formula is C23H34F2N2O3. The van der Waals surface area contributed by atoms with Gasteiger partial charge in [-0.2, -0.15) is 5.26 Å². The maximum atomic E-state index is 13.3. The highest BCUT2D eigenvalue weighted by Gasteiger charge is 2.36. The lowest BCUT2D eigenvalue weighted by Crippen LogP contribution is -2.40. The standard InChI is InChI=1S/C23H34F2N2O3/c1-15(2)10-18(13-20(28)11-16-6-8-23(24,25)9-7-16)22(30)27-19(14-26)12-17-4-3-5-21(17)29/h15-19H,3-13H2,1-2H3,(H,27,30)/t17-,18+,19-/m0/s1. The van der Waals surface area contributed by atoms with Gasteiger partial charge in [0.2, 0.25) is 11.8 Å². The van der Waals surface area contributed by atoms with Crippen LogP contribution in [0.4, 0.5) is 8.78 Å². The van der Waals surface area contributed by atoms with Gasteiger partial charge < -0.3 is 5.32 Å². The van der Waals surface area contributed by atoms with Crippen molar-refractivity contribution in [3.8, 4) is 6.07 Å². The van der Waals surface area contributed by atoms with Gasteiger partial charge in [-0.15, -0.1) is 0 Å². The minimum atomic E-state index is -2.62. The van der Waals surface area contributed by atoms with Crippen molar-refractivity contribution < 1.29 is 23.2 Å². The van der Waals surface area contributed by atoms with Crippen molar-refractivity contribution >= 4 is 17.5 Å². The quantitative estimate of drug-likeness (QED) is 0.556. The highest BCUT2D eigenvalue weighted by molar-refractivity contribution is 5.87. The topological polar surface area (TPSA) is 87.0 Å². The molecular weight excluding hydrogens is 390 g/mol. The summed E-state index contributed by atoms with van der Waals surface area (Å²) in [5, 5.41) is 12.2. The molecule has 1 N–H and O–H groups in total. The van der Waals surface area contributed by atoms with Gasteiger partial charge in [0.25, 0.3) is 0 Å². The van der Waals surface area contributed by atoms with E-state index in [-0.39, 0.29) is 60.9 Å². The van der Waals surface area contributed by atoms with Crippen LogP contribution in [0.25, 0.3) is 0 Å². The second-order valence-corrected chi connectivity index (χ2v) is 9.55. The van der Waals surface area contributed by atoms with E-state index in [1.165, 1.54) is 0 Å². The Bertz CT molecular complexity index is 662. The Morgan fingerprint density at radius 3 is 2.43 bits per heavy atom. The largest absolute Gasteiger partial charge is 0.340 e. The molecule has 0 aromatic carbocycles. The van der Waals surface area contributed by atoms with Crippen LogP contribution in [-0.4, -0.2) is 29.4 Å². The second kappa shape index (κ2) is 11.0. The van der Waals surface area contributed by atoms with Gasteiger partial charge in [0.15, 0.2) is 0 Å². The highest BCUT2D eigenvalue weighted by atomic mass is 19.3. The van der Waals surface area contributed by atoms with Gasteiger partial charge in [0, 0.05) is 43.9 Å². The van der Waals surface area contributed by atoms with Crippen molar-refractivity contribution in [2.24, 2.45) is 23.7 Å². The van der Waals surface area contributed by atoms with Gasteiger partial charge in [-0.3, -0.25) is 14.4 Å². The summed E-state index contributed by atoms with van der Waals surface area (Å²) >= 11 is 0. The number of nitriles is 1. The van der Waals surface area contributed by atoms with Gasteiger partial charge in [-0.05, 0) is 50.4 Å². The SMILES string of the molecule is CC(C)C[C@H](CC(=O)CC1CCC(F)(F)CC1)C(=O)N[C@H](C#N)C[C@@H]1CCCC1=O. The van der Waals surface area contributed by atoms with Gasteiger partial charge >= 0.3 is 0 Å². The van der Waals surface area contributed by atoms with E-state index in [2.05, 4.69) is 11.4 Å². The van der Waals surface area contributed by atoms with E-state index < -0.39 is 17.9 Å². The number of hydrogen-bond acceptors (Lipinski definition) is 4.